The Morgan fingerprint density at radius 1 is 1.07 bits per heavy atom. The summed E-state index contributed by atoms with van der Waals surface area (Å²) in [5.74, 6) is -3.62. The van der Waals surface area contributed by atoms with E-state index >= 15 is 0 Å². The number of aromatic nitrogens is 1. The highest BCUT2D eigenvalue weighted by molar-refractivity contribution is 6.30. The predicted molar refractivity (Wildman–Crippen MR) is 104 cm³/mol. The van der Waals surface area contributed by atoms with Crippen LogP contribution in [0.3, 0.4) is 0 Å². The number of hydrogen-bond donors (Lipinski definition) is 1. The summed E-state index contributed by atoms with van der Waals surface area (Å²) in [7, 11) is 0. The SMILES string of the molecule is CCn1c(C)c(-c2ccc(Cl)cc2)c(=O)c(C(=O)O)c1-c1ccc(F)c(F)c1. The van der Waals surface area contributed by atoms with E-state index in [-0.39, 0.29) is 16.8 Å². The zero-order chi connectivity index (χ0) is 20.6. The van der Waals surface area contributed by atoms with Gasteiger partial charge in [-0.3, -0.25) is 4.79 Å². The van der Waals surface area contributed by atoms with Crippen LogP contribution in [0.25, 0.3) is 22.4 Å². The van der Waals surface area contributed by atoms with E-state index in [9.17, 15) is 23.5 Å². The zero-order valence-corrected chi connectivity index (χ0v) is 15.8. The number of carbonyl (C=O) groups is 1. The van der Waals surface area contributed by atoms with E-state index in [0.29, 0.717) is 22.8 Å². The summed E-state index contributed by atoms with van der Waals surface area (Å²) in [6.07, 6.45) is 0. The highest BCUT2D eigenvalue weighted by Crippen LogP contribution is 2.30. The molecule has 144 valence electrons. The minimum Gasteiger partial charge on any atom is -0.477 e. The van der Waals surface area contributed by atoms with Gasteiger partial charge in [0, 0.05) is 28.4 Å². The van der Waals surface area contributed by atoms with E-state index in [0.717, 1.165) is 12.1 Å². The fourth-order valence-electron chi connectivity index (χ4n) is 3.33. The molecule has 1 heterocycles. The number of carboxylic acid groups (broad SMARTS) is 1. The average molecular weight is 404 g/mol. The Hall–Kier alpha value is -2.99. The first-order valence-corrected chi connectivity index (χ1v) is 8.86. The molecule has 2 aromatic carbocycles. The van der Waals surface area contributed by atoms with Gasteiger partial charge < -0.3 is 9.67 Å². The van der Waals surface area contributed by atoms with Crippen LogP contribution in [0.2, 0.25) is 5.02 Å². The molecular formula is C21H16ClF2NO3. The molecule has 0 spiro atoms. The normalized spacial score (nSPS) is 10.9. The molecule has 0 saturated heterocycles. The third kappa shape index (κ3) is 3.31. The number of pyridine rings is 1. The monoisotopic (exact) mass is 403 g/mol. The maximum absolute atomic E-state index is 13.8. The van der Waals surface area contributed by atoms with Crippen molar-refractivity contribution < 1.29 is 18.7 Å². The van der Waals surface area contributed by atoms with Crippen LogP contribution in [0.5, 0.6) is 0 Å². The first-order valence-electron chi connectivity index (χ1n) is 8.48. The number of benzene rings is 2. The van der Waals surface area contributed by atoms with E-state index in [2.05, 4.69) is 0 Å². The van der Waals surface area contributed by atoms with E-state index in [4.69, 9.17) is 11.6 Å². The Balaban J connectivity index is 2.44. The molecular weight excluding hydrogens is 388 g/mol. The predicted octanol–water partition coefficient (Wildman–Crippen LogP) is 5.14. The topological polar surface area (TPSA) is 59.3 Å². The lowest BCUT2D eigenvalue weighted by Gasteiger charge is -2.21. The third-order valence-corrected chi connectivity index (χ3v) is 4.84. The maximum atomic E-state index is 13.8. The van der Waals surface area contributed by atoms with Crippen LogP contribution in [-0.2, 0) is 6.54 Å². The summed E-state index contributed by atoms with van der Waals surface area (Å²) >= 11 is 5.91. The molecule has 3 rings (SSSR count). The van der Waals surface area contributed by atoms with E-state index < -0.39 is 28.6 Å². The molecule has 0 amide bonds. The quantitative estimate of drug-likeness (QED) is 0.656. The lowest BCUT2D eigenvalue weighted by atomic mass is 9.96. The van der Waals surface area contributed by atoms with E-state index in [1.165, 1.54) is 6.07 Å². The highest BCUT2D eigenvalue weighted by atomic mass is 35.5. The molecule has 0 atom stereocenters. The molecule has 1 N–H and O–H groups in total. The van der Waals surface area contributed by atoms with Crippen LogP contribution < -0.4 is 5.43 Å². The van der Waals surface area contributed by atoms with E-state index in [1.807, 2.05) is 0 Å². The van der Waals surface area contributed by atoms with Crippen LogP contribution in [0, 0.1) is 18.6 Å². The third-order valence-electron chi connectivity index (χ3n) is 4.58. The van der Waals surface area contributed by atoms with Crippen LogP contribution in [-0.4, -0.2) is 15.6 Å². The molecule has 0 aliphatic heterocycles. The Kier molecular flexibility index (Phi) is 5.34. The van der Waals surface area contributed by atoms with Gasteiger partial charge in [0.2, 0.25) is 5.43 Å². The lowest BCUT2D eigenvalue weighted by molar-refractivity contribution is 0.0695. The van der Waals surface area contributed by atoms with Crippen molar-refractivity contribution in [2.75, 3.05) is 0 Å². The van der Waals surface area contributed by atoms with Crippen LogP contribution >= 0.6 is 11.6 Å². The second-order valence-corrected chi connectivity index (χ2v) is 6.63. The summed E-state index contributed by atoms with van der Waals surface area (Å²) in [6, 6.07) is 9.54. The molecule has 0 bridgehead atoms. The van der Waals surface area contributed by atoms with Gasteiger partial charge in [-0.2, -0.15) is 0 Å². The minimum absolute atomic E-state index is 0.0362. The lowest BCUT2D eigenvalue weighted by Crippen LogP contribution is -2.25. The van der Waals surface area contributed by atoms with Gasteiger partial charge in [0.1, 0.15) is 5.56 Å². The molecule has 0 fully saturated rings. The molecule has 3 aromatic rings. The molecule has 0 aliphatic carbocycles. The molecule has 0 unspecified atom stereocenters. The highest BCUT2D eigenvalue weighted by Gasteiger charge is 2.26. The molecule has 7 heteroatoms. The second-order valence-electron chi connectivity index (χ2n) is 6.20. The number of nitrogens with zero attached hydrogens (tertiary/aromatic N) is 1. The Bertz CT molecular complexity index is 1140. The van der Waals surface area contributed by atoms with Crippen molar-refractivity contribution in [2.45, 2.75) is 20.4 Å². The Labute approximate surface area is 164 Å². The van der Waals surface area contributed by atoms with Gasteiger partial charge in [0.15, 0.2) is 11.6 Å². The first-order chi connectivity index (χ1) is 13.3. The summed E-state index contributed by atoms with van der Waals surface area (Å²) < 4.78 is 28.8. The summed E-state index contributed by atoms with van der Waals surface area (Å²) in [5, 5.41) is 10.2. The molecule has 0 saturated carbocycles. The van der Waals surface area contributed by atoms with Crippen molar-refractivity contribution in [2.24, 2.45) is 0 Å². The summed E-state index contributed by atoms with van der Waals surface area (Å²) in [6.45, 7) is 3.78. The fourth-order valence-corrected chi connectivity index (χ4v) is 3.45. The summed E-state index contributed by atoms with van der Waals surface area (Å²) in [4.78, 5) is 25.1. The number of carboxylic acids is 1. The smallest absolute Gasteiger partial charge is 0.341 e. The average Bonchev–Trinajstić information content (AvgIpc) is 2.64. The molecule has 28 heavy (non-hydrogen) atoms. The van der Waals surface area contributed by atoms with Crippen molar-refractivity contribution in [3.8, 4) is 22.4 Å². The van der Waals surface area contributed by atoms with Crippen molar-refractivity contribution >= 4 is 17.6 Å². The number of rotatable bonds is 4. The molecule has 0 aliphatic rings. The van der Waals surface area contributed by atoms with Gasteiger partial charge in [-0.15, -0.1) is 0 Å². The van der Waals surface area contributed by atoms with Gasteiger partial charge in [0.05, 0.1) is 5.69 Å². The summed E-state index contributed by atoms with van der Waals surface area (Å²) in [5.41, 5.74) is 0.213. The van der Waals surface area contributed by atoms with E-state index in [1.54, 1.807) is 42.7 Å². The van der Waals surface area contributed by atoms with Crippen molar-refractivity contribution in [1.82, 2.24) is 4.57 Å². The van der Waals surface area contributed by atoms with Crippen LogP contribution in [0.15, 0.2) is 47.3 Å². The number of aromatic carboxylic acids is 1. The Morgan fingerprint density at radius 3 is 2.21 bits per heavy atom. The Morgan fingerprint density at radius 2 is 1.68 bits per heavy atom. The number of hydrogen-bond acceptors (Lipinski definition) is 2. The van der Waals surface area contributed by atoms with Crippen molar-refractivity contribution in [3.63, 3.8) is 0 Å². The second kappa shape index (κ2) is 7.56. The van der Waals surface area contributed by atoms with Crippen LogP contribution in [0.1, 0.15) is 23.0 Å². The largest absolute Gasteiger partial charge is 0.477 e. The van der Waals surface area contributed by atoms with Crippen molar-refractivity contribution in [1.29, 1.82) is 0 Å². The molecule has 0 radical (unpaired) electrons. The zero-order valence-electron chi connectivity index (χ0n) is 15.1. The first kappa shape index (κ1) is 19.8. The standard InChI is InChI=1S/C21H16ClF2NO3/c1-3-25-11(2)17(12-4-7-14(22)8-5-12)20(26)18(21(27)28)19(25)13-6-9-15(23)16(24)10-13/h4-10H,3H2,1-2H3,(H,27,28). The molecule has 4 nitrogen and oxygen atoms in total. The van der Waals surface area contributed by atoms with Gasteiger partial charge in [-0.1, -0.05) is 23.7 Å². The fraction of sp³-hybridized carbons (Fsp3) is 0.143. The van der Waals surface area contributed by atoms with Crippen LogP contribution in [0.4, 0.5) is 8.78 Å². The van der Waals surface area contributed by atoms with Gasteiger partial charge in [0.25, 0.3) is 0 Å². The van der Waals surface area contributed by atoms with Gasteiger partial charge >= 0.3 is 5.97 Å². The van der Waals surface area contributed by atoms with Crippen molar-refractivity contribution in [3.05, 3.63) is 80.6 Å². The number of halogens is 3. The maximum Gasteiger partial charge on any atom is 0.341 e. The van der Waals surface area contributed by atoms with Gasteiger partial charge in [-0.05, 0) is 49.7 Å². The molecule has 1 aromatic heterocycles. The van der Waals surface area contributed by atoms with Gasteiger partial charge in [-0.25, -0.2) is 13.6 Å². The minimum atomic E-state index is -1.44.